The molecule has 0 aromatic carbocycles. The number of likely N-dealkylation sites (tertiary alicyclic amines) is 1. The van der Waals surface area contributed by atoms with Crippen LogP contribution in [-0.2, 0) is 4.79 Å². The van der Waals surface area contributed by atoms with Crippen molar-refractivity contribution >= 4 is 5.97 Å². The number of rotatable bonds is 7. The molecule has 1 aliphatic rings. The number of carboxylic acids is 1. The van der Waals surface area contributed by atoms with Crippen molar-refractivity contribution in [3.8, 4) is 0 Å². The van der Waals surface area contributed by atoms with Crippen molar-refractivity contribution in [2.45, 2.75) is 59.0 Å². The lowest BCUT2D eigenvalue weighted by molar-refractivity contribution is -0.138. The Hall–Kier alpha value is -0.610. The summed E-state index contributed by atoms with van der Waals surface area (Å²) >= 11 is 0. The molecule has 1 saturated heterocycles. The Balaban J connectivity index is 2.58. The largest absolute Gasteiger partial charge is 0.481 e. The van der Waals surface area contributed by atoms with Gasteiger partial charge in [0.05, 0.1) is 0 Å². The Morgan fingerprint density at radius 3 is 2.58 bits per heavy atom. The van der Waals surface area contributed by atoms with E-state index >= 15 is 0 Å². The molecular weight excluding hydrogens is 240 g/mol. The second-order valence-electron chi connectivity index (χ2n) is 6.41. The molecule has 3 unspecified atom stereocenters. The van der Waals surface area contributed by atoms with E-state index in [0.29, 0.717) is 24.4 Å². The van der Waals surface area contributed by atoms with Crippen LogP contribution in [0.1, 0.15) is 47.0 Å². The predicted molar refractivity (Wildman–Crippen MR) is 78.3 cm³/mol. The number of hydrogen-bond acceptors (Lipinski definition) is 3. The van der Waals surface area contributed by atoms with Crippen LogP contribution in [0, 0.1) is 11.8 Å². The van der Waals surface area contributed by atoms with Gasteiger partial charge in [-0.3, -0.25) is 9.69 Å². The quantitative estimate of drug-likeness (QED) is 0.744. The van der Waals surface area contributed by atoms with Gasteiger partial charge in [-0.15, -0.1) is 0 Å². The number of hydrogen-bond donors (Lipinski definition) is 2. The Kier molecular flexibility index (Phi) is 6.80. The molecule has 0 saturated carbocycles. The van der Waals surface area contributed by atoms with E-state index in [-0.39, 0.29) is 5.92 Å². The van der Waals surface area contributed by atoms with Crippen LogP contribution < -0.4 is 5.32 Å². The Morgan fingerprint density at radius 1 is 1.37 bits per heavy atom. The fourth-order valence-electron chi connectivity index (χ4n) is 2.80. The summed E-state index contributed by atoms with van der Waals surface area (Å²) in [5.74, 6) is 0.250. The molecule has 3 atom stereocenters. The molecule has 0 amide bonds. The standard InChI is InChI=1S/C15H30N2O2/c1-5-12(4)17-9-13(7-15(18)19)6-14(10-17)16-8-11(2)3/h11-14,16H,5-10H2,1-4H3,(H,18,19). The first kappa shape index (κ1) is 16.4. The topological polar surface area (TPSA) is 52.6 Å². The molecule has 4 heteroatoms. The molecule has 1 heterocycles. The summed E-state index contributed by atoms with van der Waals surface area (Å²) in [6.45, 7) is 11.8. The van der Waals surface area contributed by atoms with E-state index in [9.17, 15) is 4.79 Å². The highest BCUT2D eigenvalue weighted by Gasteiger charge is 2.30. The molecule has 0 aromatic rings. The van der Waals surface area contributed by atoms with Gasteiger partial charge < -0.3 is 10.4 Å². The van der Waals surface area contributed by atoms with Crippen molar-refractivity contribution in [2.24, 2.45) is 11.8 Å². The van der Waals surface area contributed by atoms with E-state index in [1.807, 2.05) is 0 Å². The first-order chi connectivity index (χ1) is 8.92. The lowest BCUT2D eigenvalue weighted by Crippen LogP contribution is -2.52. The van der Waals surface area contributed by atoms with Gasteiger partial charge in [-0.1, -0.05) is 20.8 Å². The molecule has 0 radical (unpaired) electrons. The maximum absolute atomic E-state index is 10.9. The third-order valence-electron chi connectivity index (χ3n) is 4.06. The predicted octanol–water partition coefficient (Wildman–Crippen LogP) is 2.20. The molecule has 0 aromatic heterocycles. The molecule has 19 heavy (non-hydrogen) atoms. The van der Waals surface area contributed by atoms with Crippen LogP contribution >= 0.6 is 0 Å². The summed E-state index contributed by atoms with van der Waals surface area (Å²) in [4.78, 5) is 13.4. The van der Waals surface area contributed by atoms with E-state index in [1.165, 1.54) is 0 Å². The molecule has 0 aliphatic carbocycles. The van der Waals surface area contributed by atoms with Crippen molar-refractivity contribution in [1.82, 2.24) is 10.2 Å². The van der Waals surface area contributed by atoms with E-state index in [0.717, 1.165) is 32.5 Å². The Morgan fingerprint density at radius 2 is 2.05 bits per heavy atom. The fraction of sp³-hybridized carbons (Fsp3) is 0.933. The van der Waals surface area contributed by atoms with Gasteiger partial charge in [0.15, 0.2) is 0 Å². The minimum Gasteiger partial charge on any atom is -0.481 e. The molecule has 4 nitrogen and oxygen atoms in total. The van der Waals surface area contributed by atoms with Gasteiger partial charge in [0.2, 0.25) is 0 Å². The van der Waals surface area contributed by atoms with Gasteiger partial charge in [0.25, 0.3) is 0 Å². The van der Waals surface area contributed by atoms with Gasteiger partial charge >= 0.3 is 5.97 Å². The zero-order valence-corrected chi connectivity index (χ0v) is 12.9. The average Bonchev–Trinajstić information content (AvgIpc) is 2.34. The van der Waals surface area contributed by atoms with Crippen LogP contribution in [0.25, 0.3) is 0 Å². The minimum absolute atomic E-state index is 0.282. The highest BCUT2D eigenvalue weighted by molar-refractivity contribution is 5.67. The van der Waals surface area contributed by atoms with Crippen molar-refractivity contribution in [3.63, 3.8) is 0 Å². The second kappa shape index (κ2) is 7.85. The van der Waals surface area contributed by atoms with Crippen LogP contribution in [0.3, 0.4) is 0 Å². The van der Waals surface area contributed by atoms with Crippen LogP contribution in [-0.4, -0.2) is 47.7 Å². The van der Waals surface area contributed by atoms with Crippen LogP contribution in [0.5, 0.6) is 0 Å². The average molecular weight is 270 g/mol. The SMILES string of the molecule is CCC(C)N1CC(CC(=O)O)CC(NCC(C)C)C1. The summed E-state index contributed by atoms with van der Waals surface area (Å²) in [6, 6.07) is 0.981. The molecule has 1 rings (SSSR count). The second-order valence-corrected chi connectivity index (χ2v) is 6.41. The summed E-state index contributed by atoms with van der Waals surface area (Å²) < 4.78 is 0. The maximum Gasteiger partial charge on any atom is 0.303 e. The van der Waals surface area contributed by atoms with Gasteiger partial charge in [0.1, 0.15) is 0 Å². The normalized spacial score (nSPS) is 26.6. The third kappa shape index (κ3) is 5.91. The molecule has 2 N–H and O–H groups in total. The summed E-state index contributed by atoms with van der Waals surface area (Å²) in [6.07, 6.45) is 2.41. The number of nitrogens with one attached hydrogen (secondary N) is 1. The van der Waals surface area contributed by atoms with Gasteiger partial charge in [0, 0.05) is 31.6 Å². The van der Waals surface area contributed by atoms with Crippen molar-refractivity contribution < 1.29 is 9.90 Å². The third-order valence-corrected chi connectivity index (χ3v) is 4.06. The lowest BCUT2D eigenvalue weighted by atomic mass is 9.90. The smallest absolute Gasteiger partial charge is 0.303 e. The van der Waals surface area contributed by atoms with Crippen molar-refractivity contribution in [3.05, 3.63) is 0 Å². The Labute approximate surface area is 117 Å². The highest BCUT2D eigenvalue weighted by Crippen LogP contribution is 2.22. The van der Waals surface area contributed by atoms with E-state index in [1.54, 1.807) is 0 Å². The highest BCUT2D eigenvalue weighted by atomic mass is 16.4. The fourth-order valence-corrected chi connectivity index (χ4v) is 2.80. The first-order valence-corrected chi connectivity index (χ1v) is 7.61. The molecule has 0 bridgehead atoms. The van der Waals surface area contributed by atoms with Crippen molar-refractivity contribution in [1.29, 1.82) is 0 Å². The van der Waals surface area contributed by atoms with E-state index < -0.39 is 5.97 Å². The molecule has 1 aliphatic heterocycles. The lowest BCUT2D eigenvalue weighted by Gasteiger charge is -2.41. The monoisotopic (exact) mass is 270 g/mol. The van der Waals surface area contributed by atoms with Crippen LogP contribution in [0.2, 0.25) is 0 Å². The summed E-state index contributed by atoms with van der Waals surface area (Å²) in [7, 11) is 0. The number of carboxylic acid groups (broad SMARTS) is 1. The van der Waals surface area contributed by atoms with Gasteiger partial charge in [-0.2, -0.15) is 0 Å². The van der Waals surface area contributed by atoms with Gasteiger partial charge in [-0.25, -0.2) is 0 Å². The number of carbonyl (C=O) groups is 1. The van der Waals surface area contributed by atoms with Gasteiger partial charge in [-0.05, 0) is 38.1 Å². The van der Waals surface area contributed by atoms with E-state index in [2.05, 4.69) is 37.9 Å². The zero-order chi connectivity index (χ0) is 14.4. The molecule has 112 valence electrons. The minimum atomic E-state index is -0.668. The molecule has 0 spiro atoms. The Bertz CT molecular complexity index is 281. The van der Waals surface area contributed by atoms with E-state index in [4.69, 9.17) is 5.11 Å². The first-order valence-electron chi connectivity index (χ1n) is 7.61. The number of piperidine rings is 1. The summed E-state index contributed by atoms with van der Waals surface area (Å²) in [5.41, 5.74) is 0. The molecular formula is C15H30N2O2. The molecule has 1 fully saturated rings. The summed E-state index contributed by atoms with van der Waals surface area (Å²) in [5, 5.41) is 12.6. The number of aliphatic carboxylic acids is 1. The number of nitrogens with zero attached hydrogens (tertiary/aromatic N) is 1. The zero-order valence-electron chi connectivity index (χ0n) is 12.9. The maximum atomic E-state index is 10.9. The van der Waals surface area contributed by atoms with Crippen molar-refractivity contribution in [2.75, 3.05) is 19.6 Å². The van der Waals surface area contributed by atoms with Crippen LogP contribution in [0.4, 0.5) is 0 Å². The van der Waals surface area contributed by atoms with Crippen LogP contribution in [0.15, 0.2) is 0 Å².